The molecule has 3 nitrogen and oxygen atoms in total. The number of hydrogen-bond acceptors (Lipinski definition) is 3. The molecule has 0 atom stereocenters. The quantitative estimate of drug-likeness (QED) is 0.724. The van der Waals surface area contributed by atoms with Gasteiger partial charge in [-0.3, -0.25) is 0 Å². The van der Waals surface area contributed by atoms with Gasteiger partial charge < -0.3 is 0 Å². The minimum atomic E-state index is 0.0237. The molecule has 3 rings (SSSR count). The first-order valence-corrected chi connectivity index (χ1v) is 7.85. The van der Waals surface area contributed by atoms with Crippen molar-refractivity contribution in [3.8, 4) is 0 Å². The maximum atomic E-state index is 4.45. The molecular weight excluding hydrogens is 357 g/mol. The van der Waals surface area contributed by atoms with E-state index in [-0.39, 0.29) is 15.0 Å². The molecule has 3 aromatic rings. The Morgan fingerprint density at radius 2 is 2.00 bits per heavy atom. The van der Waals surface area contributed by atoms with E-state index >= 15 is 0 Å². The molecule has 0 spiro atoms. The van der Waals surface area contributed by atoms with Crippen molar-refractivity contribution in [1.82, 2.24) is 7.96 Å². The third kappa shape index (κ3) is 2.48. The van der Waals surface area contributed by atoms with Crippen LogP contribution in [-0.2, 0) is 6.54 Å². The van der Waals surface area contributed by atoms with E-state index in [0.717, 1.165) is 27.7 Å². The van der Waals surface area contributed by atoms with Crippen LogP contribution in [0.3, 0.4) is 0 Å². The van der Waals surface area contributed by atoms with Gasteiger partial charge in [0.05, 0.1) is 0 Å². The Bertz CT molecular complexity index is 681. The molecule has 0 bridgehead atoms. The average molecular weight is 367 g/mol. The summed E-state index contributed by atoms with van der Waals surface area (Å²) in [6, 6.07) is 14.4. The fraction of sp³-hybridized carbons (Fsp3) is 0.0769. The summed E-state index contributed by atoms with van der Waals surface area (Å²) in [7, 11) is 0. The van der Waals surface area contributed by atoms with E-state index in [1.165, 1.54) is 5.56 Å². The first kappa shape index (κ1) is 11.9. The molecule has 1 N–H and O–H groups in total. The second-order valence-corrected chi connectivity index (χ2v) is 5.95. The second-order valence-electron chi connectivity index (χ2n) is 3.92. The summed E-state index contributed by atoms with van der Waals surface area (Å²) in [5.41, 5.74) is 4.32. The van der Waals surface area contributed by atoms with Crippen molar-refractivity contribution in [2.45, 2.75) is 6.54 Å². The van der Waals surface area contributed by atoms with Crippen LogP contribution in [0.2, 0.25) is 0 Å². The van der Waals surface area contributed by atoms with E-state index < -0.39 is 0 Å². The molecule has 0 amide bonds. The maximum absolute atomic E-state index is 4.45. The van der Waals surface area contributed by atoms with Gasteiger partial charge in [0.2, 0.25) is 0 Å². The Hall–Kier alpha value is -1.16. The van der Waals surface area contributed by atoms with Gasteiger partial charge in [-0.25, -0.2) is 0 Å². The Balaban J connectivity index is 1.83. The Kier molecular flexibility index (Phi) is 3.45. The van der Waals surface area contributed by atoms with Gasteiger partial charge >= 0.3 is 120 Å². The molecule has 0 saturated carbocycles. The summed E-state index contributed by atoms with van der Waals surface area (Å²) in [5.74, 6) is 0. The number of rotatable bonds is 3. The predicted octanol–water partition coefficient (Wildman–Crippen LogP) is 3.06. The number of benzene rings is 2. The van der Waals surface area contributed by atoms with Gasteiger partial charge in [0.15, 0.2) is 0 Å². The van der Waals surface area contributed by atoms with Crippen LogP contribution < -0.4 is 5.32 Å². The summed E-state index contributed by atoms with van der Waals surface area (Å²) in [6.45, 7) is 0.790. The third-order valence-electron chi connectivity index (χ3n) is 2.66. The number of nitrogens with zero attached hydrogens (tertiary/aromatic N) is 2. The van der Waals surface area contributed by atoms with Crippen molar-refractivity contribution < 1.29 is 0 Å². The Morgan fingerprint density at radius 3 is 2.89 bits per heavy atom. The van der Waals surface area contributed by atoms with Gasteiger partial charge in [0.1, 0.15) is 0 Å². The third-order valence-corrected chi connectivity index (χ3v) is 4.29. The number of anilines is 1. The zero-order valence-corrected chi connectivity index (χ0v) is 12.7. The summed E-state index contributed by atoms with van der Waals surface area (Å²) < 4.78 is 9.93. The first-order valence-electron chi connectivity index (χ1n) is 5.52. The van der Waals surface area contributed by atoms with E-state index in [1.54, 1.807) is 0 Å². The van der Waals surface area contributed by atoms with Crippen LogP contribution in [0.15, 0.2) is 46.9 Å². The molecule has 0 aliphatic rings. The van der Waals surface area contributed by atoms with Crippen molar-refractivity contribution in [2.24, 2.45) is 0 Å². The molecule has 1 heterocycles. The molecule has 5 heteroatoms. The number of hydrogen-bond donors (Lipinski definition) is 1. The van der Waals surface area contributed by atoms with E-state index in [1.807, 2.05) is 24.3 Å². The molecule has 0 saturated heterocycles. The molecule has 0 radical (unpaired) electrons. The number of nitrogens with one attached hydrogen (secondary N) is 1. The molecular formula is C13H10BrN3Se. The number of fused-ring (bicyclic) bond motifs is 1. The Labute approximate surface area is 120 Å². The second kappa shape index (κ2) is 5.22. The summed E-state index contributed by atoms with van der Waals surface area (Å²) in [6.07, 6.45) is 0. The van der Waals surface area contributed by atoms with Crippen LogP contribution in [0.5, 0.6) is 0 Å². The van der Waals surface area contributed by atoms with Crippen LogP contribution in [0.4, 0.5) is 5.69 Å². The monoisotopic (exact) mass is 367 g/mol. The van der Waals surface area contributed by atoms with Gasteiger partial charge in [-0.2, -0.15) is 0 Å². The normalized spacial score (nSPS) is 10.7. The van der Waals surface area contributed by atoms with Crippen molar-refractivity contribution in [1.29, 1.82) is 0 Å². The van der Waals surface area contributed by atoms with Gasteiger partial charge in [-0.15, -0.1) is 0 Å². The first-order chi connectivity index (χ1) is 8.83. The summed E-state index contributed by atoms with van der Waals surface area (Å²) >= 11 is 3.50. The number of halogens is 1. The molecule has 0 unspecified atom stereocenters. The minimum absolute atomic E-state index is 0.0237. The molecule has 90 valence electrons. The van der Waals surface area contributed by atoms with Gasteiger partial charge in [0.25, 0.3) is 0 Å². The molecule has 0 aliphatic heterocycles. The zero-order chi connectivity index (χ0) is 12.4. The topological polar surface area (TPSA) is 37.8 Å². The summed E-state index contributed by atoms with van der Waals surface area (Å²) in [4.78, 5) is 0. The van der Waals surface area contributed by atoms with Crippen molar-refractivity contribution >= 4 is 47.6 Å². The fourth-order valence-corrected chi connectivity index (χ4v) is 3.39. The fourth-order valence-electron chi connectivity index (χ4n) is 1.79. The van der Waals surface area contributed by atoms with E-state index in [2.05, 4.69) is 47.4 Å². The van der Waals surface area contributed by atoms with Crippen LogP contribution >= 0.6 is 15.9 Å². The van der Waals surface area contributed by atoms with E-state index in [4.69, 9.17) is 0 Å². The molecule has 0 aliphatic carbocycles. The molecule has 2 aromatic carbocycles. The SMILES string of the molecule is Brc1cccc(CNc2cccc3n[se]nc23)c1. The molecule has 0 fully saturated rings. The van der Waals surface area contributed by atoms with Crippen LogP contribution in [-0.4, -0.2) is 22.9 Å². The van der Waals surface area contributed by atoms with Crippen molar-refractivity contribution in [3.05, 3.63) is 52.5 Å². The summed E-state index contributed by atoms with van der Waals surface area (Å²) in [5, 5.41) is 3.42. The van der Waals surface area contributed by atoms with E-state index in [9.17, 15) is 0 Å². The van der Waals surface area contributed by atoms with Crippen LogP contribution in [0, 0.1) is 0 Å². The van der Waals surface area contributed by atoms with Crippen LogP contribution in [0.1, 0.15) is 5.56 Å². The predicted molar refractivity (Wildman–Crippen MR) is 77.9 cm³/mol. The zero-order valence-electron chi connectivity index (χ0n) is 9.43. The standard InChI is InChI=1S/C13H10BrN3Se/c14-10-4-1-3-9(7-10)8-15-11-5-2-6-12-13(11)17-18-16-12/h1-7,15H,8H2. The molecule has 1 aromatic heterocycles. The van der Waals surface area contributed by atoms with Gasteiger partial charge in [0, 0.05) is 0 Å². The number of aromatic nitrogens is 2. The van der Waals surface area contributed by atoms with Crippen molar-refractivity contribution in [3.63, 3.8) is 0 Å². The van der Waals surface area contributed by atoms with Gasteiger partial charge in [-0.05, 0) is 0 Å². The molecule has 18 heavy (non-hydrogen) atoms. The van der Waals surface area contributed by atoms with Gasteiger partial charge in [-0.1, -0.05) is 0 Å². The van der Waals surface area contributed by atoms with Crippen molar-refractivity contribution in [2.75, 3.05) is 5.32 Å². The Morgan fingerprint density at radius 1 is 1.11 bits per heavy atom. The van der Waals surface area contributed by atoms with E-state index in [0.29, 0.717) is 0 Å². The average Bonchev–Trinajstić information content (AvgIpc) is 2.85. The van der Waals surface area contributed by atoms with Crippen LogP contribution in [0.25, 0.3) is 11.0 Å².